The normalized spacial score (nSPS) is 43.8. The summed E-state index contributed by atoms with van der Waals surface area (Å²) in [5, 5.41) is 0. The van der Waals surface area contributed by atoms with Crippen LogP contribution in [0.1, 0.15) is 39.5 Å². The lowest BCUT2D eigenvalue weighted by Crippen LogP contribution is -2.41. The van der Waals surface area contributed by atoms with Crippen molar-refractivity contribution in [1.82, 2.24) is 4.90 Å². The highest BCUT2D eigenvalue weighted by atomic mass is 15.2. The third-order valence-electron chi connectivity index (χ3n) is 4.20. The van der Waals surface area contributed by atoms with Crippen molar-refractivity contribution in [3.63, 3.8) is 0 Å². The first-order valence-electron chi connectivity index (χ1n) is 5.46. The van der Waals surface area contributed by atoms with Crippen LogP contribution in [0.15, 0.2) is 0 Å². The molecule has 0 aromatic heterocycles. The standard InChI is InChI=1S/C11H21N/c1-4-8(2)11-9-5-6-10(7-9)12(11)3/h8-11H,4-7H2,1-3H3. The number of piperidine rings is 1. The summed E-state index contributed by atoms with van der Waals surface area (Å²) in [4.78, 5) is 2.66. The highest BCUT2D eigenvalue weighted by molar-refractivity contribution is 4.99. The molecule has 1 heterocycles. The predicted octanol–water partition coefficient (Wildman–Crippen LogP) is 2.52. The van der Waals surface area contributed by atoms with Gasteiger partial charge in [0.2, 0.25) is 0 Å². The van der Waals surface area contributed by atoms with Gasteiger partial charge in [0, 0.05) is 12.1 Å². The van der Waals surface area contributed by atoms with E-state index in [2.05, 4.69) is 25.8 Å². The zero-order valence-electron chi connectivity index (χ0n) is 8.59. The molecule has 2 bridgehead atoms. The Kier molecular flexibility index (Phi) is 2.16. The summed E-state index contributed by atoms with van der Waals surface area (Å²) in [6.45, 7) is 4.74. The highest BCUT2D eigenvalue weighted by Gasteiger charge is 2.45. The van der Waals surface area contributed by atoms with Crippen LogP contribution in [-0.2, 0) is 0 Å². The van der Waals surface area contributed by atoms with Gasteiger partial charge in [-0.25, -0.2) is 0 Å². The summed E-state index contributed by atoms with van der Waals surface area (Å²) in [6.07, 6.45) is 5.81. The monoisotopic (exact) mass is 167 g/mol. The summed E-state index contributed by atoms with van der Waals surface area (Å²) in [5.74, 6) is 1.94. The Morgan fingerprint density at radius 2 is 2.17 bits per heavy atom. The fourth-order valence-corrected chi connectivity index (χ4v) is 3.36. The molecule has 0 aromatic rings. The van der Waals surface area contributed by atoms with Gasteiger partial charge in [-0.3, -0.25) is 4.90 Å². The Labute approximate surface area is 76.1 Å². The lowest BCUT2D eigenvalue weighted by atomic mass is 9.87. The summed E-state index contributed by atoms with van der Waals surface area (Å²) in [6, 6.07) is 1.85. The molecular formula is C11H21N. The molecular weight excluding hydrogens is 146 g/mol. The molecule has 1 aliphatic carbocycles. The number of hydrogen-bond acceptors (Lipinski definition) is 1. The fraction of sp³-hybridized carbons (Fsp3) is 1.00. The zero-order valence-corrected chi connectivity index (χ0v) is 8.59. The molecule has 1 aliphatic heterocycles. The molecule has 0 amide bonds. The summed E-state index contributed by atoms with van der Waals surface area (Å²) in [7, 11) is 2.33. The van der Waals surface area contributed by atoms with E-state index in [1.54, 1.807) is 0 Å². The molecule has 0 aromatic carbocycles. The minimum atomic E-state index is 0.908. The SMILES string of the molecule is CCC(C)C1C2CCC(C2)N1C. The molecule has 70 valence electrons. The van der Waals surface area contributed by atoms with Gasteiger partial charge in [-0.2, -0.15) is 0 Å². The van der Waals surface area contributed by atoms with Crippen LogP contribution in [0.4, 0.5) is 0 Å². The van der Waals surface area contributed by atoms with Gasteiger partial charge in [0.15, 0.2) is 0 Å². The van der Waals surface area contributed by atoms with Crippen LogP contribution in [0.3, 0.4) is 0 Å². The van der Waals surface area contributed by atoms with E-state index in [4.69, 9.17) is 0 Å². The second-order valence-corrected chi connectivity index (χ2v) is 4.77. The van der Waals surface area contributed by atoms with Crippen molar-refractivity contribution in [2.75, 3.05) is 7.05 Å². The number of fused-ring (bicyclic) bond motifs is 2. The van der Waals surface area contributed by atoms with Gasteiger partial charge >= 0.3 is 0 Å². The molecule has 1 saturated carbocycles. The van der Waals surface area contributed by atoms with Crippen LogP contribution < -0.4 is 0 Å². The maximum absolute atomic E-state index is 2.66. The molecule has 4 atom stereocenters. The lowest BCUT2D eigenvalue weighted by Gasteiger charge is -2.35. The first-order valence-corrected chi connectivity index (χ1v) is 5.46. The number of hydrogen-bond donors (Lipinski definition) is 0. The topological polar surface area (TPSA) is 3.24 Å². The second kappa shape index (κ2) is 3.02. The predicted molar refractivity (Wildman–Crippen MR) is 52.1 cm³/mol. The molecule has 1 nitrogen and oxygen atoms in total. The lowest BCUT2D eigenvalue weighted by molar-refractivity contribution is 0.126. The third kappa shape index (κ3) is 1.10. The van der Waals surface area contributed by atoms with Crippen LogP contribution in [0.5, 0.6) is 0 Å². The van der Waals surface area contributed by atoms with E-state index in [1.807, 2.05) is 0 Å². The van der Waals surface area contributed by atoms with Gasteiger partial charge in [-0.1, -0.05) is 20.3 Å². The maximum atomic E-state index is 2.66. The summed E-state index contributed by atoms with van der Waals surface area (Å²) < 4.78 is 0. The van der Waals surface area contributed by atoms with E-state index >= 15 is 0 Å². The second-order valence-electron chi connectivity index (χ2n) is 4.77. The van der Waals surface area contributed by atoms with Crippen molar-refractivity contribution in [3.05, 3.63) is 0 Å². The zero-order chi connectivity index (χ0) is 8.72. The van der Waals surface area contributed by atoms with E-state index in [0.717, 1.165) is 23.9 Å². The first kappa shape index (κ1) is 8.55. The Bertz CT molecular complexity index is 164. The van der Waals surface area contributed by atoms with E-state index in [9.17, 15) is 0 Å². The van der Waals surface area contributed by atoms with Crippen molar-refractivity contribution < 1.29 is 0 Å². The van der Waals surface area contributed by atoms with Gasteiger partial charge in [-0.05, 0) is 38.1 Å². The summed E-state index contributed by atoms with van der Waals surface area (Å²) >= 11 is 0. The molecule has 0 spiro atoms. The Morgan fingerprint density at radius 1 is 1.42 bits per heavy atom. The molecule has 1 saturated heterocycles. The fourth-order valence-electron chi connectivity index (χ4n) is 3.36. The van der Waals surface area contributed by atoms with E-state index < -0.39 is 0 Å². The van der Waals surface area contributed by atoms with Gasteiger partial charge in [0.05, 0.1) is 0 Å². The van der Waals surface area contributed by atoms with Crippen molar-refractivity contribution in [2.24, 2.45) is 11.8 Å². The molecule has 0 radical (unpaired) electrons. The molecule has 4 unspecified atom stereocenters. The van der Waals surface area contributed by atoms with Crippen LogP contribution in [0.2, 0.25) is 0 Å². The van der Waals surface area contributed by atoms with Crippen LogP contribution in [0, 0.1) is 11.8 Å². The Balaban J connectivity index is 2.06. The van der Waals surface area contributed by atoms with Crippen molar-refractivity contribution in [2.45, 2.75) is 51.6 Å². The minimum absolute atomic E-state index is 0.908. The third-order valence-corrected chi connectivity index (χ3v) is 4.20. The van der Waals surface area contributed by atoms with Crippen LogP contribution in [0.25, 0.3) is 0 Å². The molecule has 1 heteroatoms. The van der Waals surface area contributed by atoms with Gasteiger partial charge in [0.25, 0.3) is 0 Å². The molecule has 2 rings (SSSR count). The molecule has 2 aliphatic rings. The highest BCUT2D eigenvalue weighted by Crippen LogP contribution is 2.44. The maximum Gasteiger partial charge on any atom is 0.0149 e. The average Bonchev–Trinajstić information content (AvgIpc) is 2.63. The minimum Gasteiger partial charge on any atom is -0.300 e. The smallest absolute Gasteiger partial charge is 0.0149 e. The van der Waals surface area contributed by atoms with E-state index in [-0.39, 0.29) is 0 Å². The van der Waals surface area contributed by atoms with Gasteiger partial charge in [0.1, 0.15) is 0 Å². The van der Waals surface area contributed by atoms with Crippen LogP contribution >= 0.6 is 0 Å². The first-order chi connectivity index (χ1) is 5.74. The van der Waals surface area contributed by atoms with Gasteiger partial charge in [-0.15, -0.1) is 0 Å². The van der Waals surface area contributed by atoms with E-state index in [1.165, 1.54) is 25.7 Å². The number of rotatable bonds is 2. The quantitative estimate of drug-likeness (QED) is 0.611. The number of nitrogens with zero attached hydrogens (tertiary/aromatic N) is 1. The summed E-state index contributed by atoms with van der Waals surface area (Å²) in [5.41, 5.74) is 0. The van der Waals surface area contributed by atoms with E-state index in [0.29, 0.717) is 0 Å². The largest absolute Gasteiger partial charge is 0.300 e. The number of likely N-dealkylation sites (tertiary alicyclic amines) is 1. The van der Waals surface area contributed by atoms with Gasteiger partial charge < -0.3 is 0 Å². The molecule has 12 heavy (non-hydrogen) atoms. The van der Waals surface area contributed by atoms with Crippen LogP contribution in [-0.4, -0.2) is 24.0 Å². The average molecular weight is 167 g/mol. The Morgan fingerprint density at radius 3 is 2.67 bits per heavy atom. The molecule has 0 N–H and O–H groups in total. The van der Waals surface area contributed by atoms with Crippen molar-refractivity contribution >= 4 is 0 Å². The van der Waals surface area contributed by atoms with Crippen molar-refractivity contribution in [3.8, 4) is 0 Å². The molecule has 2 fully saturated rings. The Hall–Kier alpha value is -0.0400. The van der Waals surface area contributed by atoms with Crippen molar-refractivity contribution in [1.29, 1.82) is 0 Å².